The number of hydrogen-bond donors (Lipinski definition) is 1. The number of rotatable bonds is 5. The van der Waals surface area contributed by atoms with E-state index in [0.29, 0.717) is 11.6 Å². The highest BCUT2D eigenvalue weighted by Crippen LogP contribution is 2.28. The van der Waals surface area contributed by atoms with Crippen molar-refractivity contribution in [3.63, 3.8) is 0 Å². The van der Waals surface area contributed by atoms with Crippen LogP contribution in [0.1, 0.15) is 16.1 Å². The minimum absolute atomic E-state index is 0.0644. The van der Waals surface area contributed by atoms with E-state index >= 15 is 0 Å². The fourth-order valence-corrected chi connectivity index (χ4v) is 3.33. The Balaban J connectivity index is 1.62. The van der Waals surface area contributed by atoms with Crippen LogP contribution in [0.4, 0.5) is 0 Å². The van der Waals surface area contributed by atoms with Crippen molar-refractivity contribution in [3.8, 4) is 10.8 Å². The van der Waals surface area contributed by atoms with Crippen LogP contribution in [0, 0.1) is 6.92 Å². The van der Waals surface area contributed by atoms with E-state index in [0.717, 1.165) is 26.9 Å². The molecule has 0 radical (unpaired) electrons. The van der Waals surface area contributed by atoms with Crippen molar-refractivity contribution in [2.75, 3.05) is 0 Å². The number of hydrogen-bond acceptors (Lipinski definition) is 4. The molecule has 6 heteroatoms. The lowest BCUT2D eigenvalue weighted by molar-refractivity contribution is -0.120. The second-order valence-corrected chi connectivity index (χ2v) is 6.54. The highest BCUT2D eigenvalue weighted by molar-refractivity contribution is 7.15. The van der Waals surface area contributed by atoms with E-state index in [1.165, 1.54) is 11.3 Å². The van der Waals surface area contributed by atoms with E-state index in [2.05, 4.69) is 10.3 Å². The molecule has 0 saturated carbocycles. The fraction of sp³-hybridized carbons (Fsp3) is 0.176. The number of carbonyl (C=O) groups excluding carboxylic acids is 1. The Kier molecular flexibility index (Phi) is 4.79. The largest absolute Gasteiger partial charge is 0.462 e. The number of halogens is 1. The van der Waals surface area contributed by atoms with Crippen molar-refractivity contribution in [1.82, 2.24) is 10.3 Å². The van der Waals surface area contributed by atoms with E-state index in [-0.39, 0.29) is 12.3 Å². The summed E-state index contributed by atoms with van der Waals surface area (Å²) in [6, 6.07) is 11.1. The van der Waals surface area contributed by atoms with Crippen molar-refractivity contribution in [2.45, 2.75) is 19.9 Å². The van der Waals surface area contributed by atoms with Gasteiger partial charge in [0.15, 0.2) is 10.8 Å². The molecule has 118 valence electrons. The van der Waals surface area contributed by atoms with Crippen molar-refractivity contribution in [2.24, 2.45) is 0 Å². The number of thiazole rings is 1. The summed E-state index contributed by atoms with van der Waals surface area (Å²) in [6.07, 6.45) is 1.89. The Morgan fingerprint density at radius 2 is 2.13 bits per heavy atom. The zero-order chi connectivity index (χ0) is 16.2. The molecule has 2 aromatic heterocycles. The van der Waals surface area contributed by atoms with Gasteiger partial charge in [0, 0.05) is 9.90 Å². The topological polar surface area (TPSA) is 55.1 Å². The van der Waals surface area contributed by atoms with Crippen molar-refractivity contribution in [1.29, 1.82) is 0 Å². The number of aromatic nitrogens is 1. The monoisotopic (exact) mass is 346 g/mol. The summed E-state index contributed by atoms with van der Waals surface area (Å²) < 4.78 is 5.35. The predicted molar refractivity (Wildman–Crippen MR) is 91.6 cm³/mol. The maximum atomic E-state index is 12.1. The Bertz CT molecular complexity index is 812. The normalized spacial score (nSPS) is 10.7. The summed E-state index contributed by atoms with van der Waals surface area (Å²) in [5.74, 6) is 0.678. The van der Waals surface area contributed by atoms with Crippen LogP contribution >= 0.6 is 22.9 Å². The van der Waals surface area contributed by atoms with Crippen molar-refractivity contribution in [3.05, 3.63) is 63.8 Å². The van der Waals surface area contributed by atoms with Crippen LogP contribution in [0.15, 0.2) is 47.1 Å². The third-order valence-corrected chi connectivity index (χ3v) is 4.92. The first-order valence-electron chi connectivity index (χ1n) is 7.14. The summed E-state index contributed by atoms with van der Waals surface area (Å²) in [7, 11) is 0. The van der Waals surface area contributed by atoms with Gasteiger partial charge < -0.3 is 9.73 Å². The lowest BCUT2D eigenvalue weighted by atomic mass is 10.1. The van der Waals surface area contributed by atoms with Gasteiger partial charge in [0.2, 0.25) is 5.91 Å². The molecular weight excluding hydrogens is 332 g/mol. The van der Waals surface area contributed by atoms with Crippen LogP contribution in [-0.2, 0) is 17.8 Å². The third kappa shape index (κ3) is 3.81. The standard InChI is InChI=1S/C17H15ClN2O2S/c1-11-15(23-17(20-11)14-7-4-8-22-14)10-19-16(21)9-12-5-2-3-6-13(12)18/h2-8H,9-10H2,1H3,(H,19,21). The second-order valence-electron chi connectivity index (χ2n) is 5.05. The second kappa shape index (κ2) is 6.98. The maximum absolute atomic E-state index is 12.1. The molecule has 23 heavy (non-hydrogen) atoms. The third-order valence-electron chi connectivity index (χ3n) is 3.38. The molecule has 0 unspecified atom stereocenters. The van der Waals surface area contributed by atoms with Crippen LogP contribution in [0.5, 0.6) is 0 Å². The van der Waals surface area contributed by atoms with Gasteiger partial charge >= 0.3 is 0 Å². The molecule has 0 spiro atoms. The van der Waals surface area contributed by atoms with Gasteiger partial charge in [0.1, 0.15) is 0 Å². The van der Waals surface area contributed by atoms with Gasteiger partial charge in [-0.2, -0.15) is 0 Å². The van der Waals surface area contributed by atoms with Gasteiger partial charge in [-0.25, -0.2) is 4.98 Å². The van der Waals surface area contributed by atoms with Gasteiger partial charge in [0.25, 0.3) is 0 Å². The number of nitrogens with zero attached hydrogens (tertiary/aromatic N) is 1. The first-order chi connectivity index (χ1) is 11.1. The molecule has 3 rings (SSSR count). The minimum atomic E-state index is -0.0644. The Hall–Kier alpha value is -2.11. The Morgan fingerprint density at radius 1 is 1.30 bits per heavy atom. The predicted octanol–water partition coefficient (Wildman–Crippen LogP) is 4.22. The van der Waals surface area contributed by atoms with E-state index in [9.17, 15) is 4.79 Å². The molecule has 0 saturated heterocycles. The van der Waals surface area contributed by atoms with Crippen LogP contribution in [0.25, 0.3) is 10.8 Å². The van der Waals surface area contributed by atoms with E-state index in [1.807, 2.05) is 37.3 Å². The van der Waals surface area contributed by atoms with Gasteiger partial charge in [-0.15, -0.1) is 11.3 Å². The van der Waals surface area contributed by atoms with E-state index in [1.54, 1.807) is 12.3 Å². The summed E-state index contributed by atoms with van der Waals surface area (Å²) in [5.41, 5.74) is 1.73. The molecule has 4 nitrogen and oxygen atoms in total. The molecular formula is C17H15ClN2O2S. The van der Waals surface area contributed by atoms with Crippen LogP contribution in [-0.4, -0.2) is 10.9 Å². The zero-order valence-electron chi connectivity index (χ0n) is 12.5. The molecule has 1 amide bonds. The molecule has 2 heterocycles. The SMILES string of the molecule is Cc1nc(-c2ccco2)sc1CNC(=O)Cc1ccccc1Cl. The molecule has 0 atom stereocenters. The van der Waals surface area contributed by atoms with E-state index in [4.69, 9.17) is 16.0 Å². The lowest BCUT2D eigenvalue weighted by Crippen LogP contribution is -2.24. The van der Waals surface area contributed by atoms with Gasteiger partial charge in [-0.1, -0.05) is 29.8 Å². The average Bonchev–Trinajstić information content (AvgIpc) is 3.17. The summed E-state index contributed by atoms with van der Waals surface area (Å²) >= 11 is 7.60. The Morgan fingerprint density at radius 3 is 2.87 bits per heavy atom. The Labute approximate surface area is 143 Å². The molecule has 3 aromatic rings. The molecule has 0 aliphatic carbocycles. The summed E-state index contributed by atoms with van der Waals surface area (Å²) in [5, 5.41) is 4.35. The summed E-state index contributed by atoms with van der Waals surface area (Å²) in [4.78, 5) is 17.6. The number of aryl methyl sites for hydroxylation is 1. The van der Waals surface area contributed by atoms with Crippen molar-refractivity contribution >= 4 is 28.8 Å². The highest BCUT2D eigenvalue weighted by atomic mass is 35.5. The number of carbonyl (C=O) groups is 1. The molecule has 0 aliphatic heterocycles. The van der Waals surface area contributed by atoms with Gasteiger partial charge in [0.05, 0.1) is 24.9 Å². The molecule has 1 aromatic carbocycles. The lowest BCUT2D eigenvalue weighted by Gasteiger charge is -2.05. The molecule has 0 bridgehead atoms. The number of benzene rings is 1. The number of amides is 1. The van der Waals surface area contributed by atoms with Crippen molar-refractivity contribution < 1.29 is 9.21 Å². The molecule has 0 fully saturated rings. The van der Waals surface area contributed by atoms with Gasteiger partial charge in [-0.3, -0.25) is 4.79 Å². The van der Waals surface area contributed by atoms with Crippen LogP contribution in [0.3, 0.4) is 0 Å². The smallest absolute Gasteiger partial charge is 0.224 e. The van der Waals surface area contributed by atoms with Crippen LogP contribution in [0.2, 0.25) is 5.02 Å². The quantitative estimate of drug-likeness (QED) is 0.752. The number of nitrogens with one attached hydrogen (secondary N) is 1. The first-order valence-corrected chi connectivity index (χ1v) is 8.33. The first kappa shape index (κ1) is 15.8. The molecule has 0 aliphatic rings. The maximum Gasteiger partial charge on any atom is 0.224 e. The average molecular weight is 347 g/mol. The highest BCUT2D eigenvalue weighted by Gasteiger charge is 2.13. The van der Waals surface area contributed by atoms with Gasteiger partial charge in [-0.05, 0) is 30.7 Å². The minimum Gasteiger partial charge on any atom is -0.462 e. The summed E-state index contributed by atoms with van der Waals surface area (Å²) in [6.45, 7) is 2.38. The molecule has 1 N–H and O–H groups in total. The van der Waals surface area contributed by atoms with E-state index < -0.39 is 0 Å². The zero-order valence-corrected chi connectivity index (χ0v) is 14.1. The fourth-order valence-electron chi connectivity index (χ4n) is 2.15. The van der Waals surface area contributed by atoms with Crippen LogP contribution < -0.4 is 5.32 Å². The number of furan rings is 1.